The van der Waals surface area contributed by atoms with Crippen molar-refractivity contribution in [3.05, 3.63) is 24.6 Å². The second-order valence-electron chi connectivity index (χ2n) is 4.29. The van der Waals surface area contributed by atoms with Crippen molar-refractivity contribution in [2.45, 2.75) is 13.2 Å². The van der Waals surface area contributed by atoms with Gasteiger partial charge in [0.05, 0.1) is 5.71 Å². The lowest BCUT2D eigenvalue weighted by atomic mass is 9.86. The summed E-state index contributed by atoms with van der Waals surface area (Å²) in [6, 6.07) is 0. The second kappa shape index (κ2) is 4.63. The molecule has 2 heterocycles. The second-order valence-corrected chi connectivity index (χ2v) is 4.29. The van der Waals surface area contributed by atoms with Gasteiger partial charge >= 0.3 is 0 Å². The number of aliphatic imine (C=N–C) groups is 2. The van der Waals surface area contributed by atoms with E-state index in [-0.39, 0.29) is 17.6 Å². The molecule has 5 heteroatoms. The molecule has 0 aromatic carbocycles. The van der Waals surface area contributed by atoms with E-state index < -0.39 is 6.29 Å². The number of hydrogen-bond donors (Lipinski definition) is 1. The first kappa shape index (κ1) is 11.7. The fraction of sp³-hybridized carbons (Fsp3) is 0.417. The molecular formula is C12H16N4O. The molecule has 0 radical (unpaired) electrons. The zero-order valence-electron chi connectivity index (χ0n) is 9.78. The van der Waals surface area contributed by atoms with Crippen LogP contribution in [0.25, 0.3) is 0 Å². The topological polar surface area (TPSA) is 71.0 Å². The first-order valence-electron chi connectivity index (χ1n) is 5.57. The van der Waals surface area contributed by atoms with E-state index in [2.05, 4.69) is 23.6 Å². The van der Waals surface area contributed by atoms with Gasteiger partial charge in [0.2, 0.25) is 5.78 Å². The number of nitrogens with zero attached hydrogens (tertiary/aromatic N) is 3. The van der Waals surface area contributed by atoms with Gasteiger partial charge < -0.3 is 4.90 Å². The fourth-order valence-corrected chi connectivity index (χ4v) is 2.07. The largest absolute Gasteiger partial charge is 0.343 e. The third-order valence-electron chi connectivity index (χ3n) is 3.19. The van der Waals surface area contributed by atoms with E-state index in [0.717, 1.165) is 0 Å². The summed E-state index contributed by atoms with van der Waals surface area (Å²) in [5, 5.41) is 0. The Morgan fingerprint density at radius 1 is 1.71 bits per heavy atom. The molecule has 0 saturated carbocycles. The molecule has 0 aromatic heterocycles. The van der Waals surface area contributed by atoms with Crippen LogP contribution in [0.2, 0.25) is 0 Å². The van der Waals surface area contributed by atoms with Crippen molar-refractivity contribution < 1.29 is 4.79 Å². The molecular weight excluding hydrogens is 216 g/mol. The molecule has 0 fully saturated rings. The molecule has 2 rings (SSSR count). The number of carbonyl (C=O) groups is 1. The fourth-order valence-electron chi connectivity index (χ4n) is 2.07. The molecule has 0 spiro atoms. The normalized spacial score (nSPS) is 29.4. The number of allylic oxidation sites excluding steroid dienone is 2. The highest BCUT2D eigenvalue weighted by Crippen LogP contribution is 2.24. The van der Waals surface area contributed by atoms with E-state index in [1.54, 1.807) is 12.4 Å². The van der Waals surface area contributed by atoms with Gasteiger partial charge in [0, 0.05) is 30.9 Å². The van der Waals surface area contributed by atoms with E-state index in [4.69, 9.17) is 5.73 Å². The molecule has 5 nitrogen and oxygen atoms in total. The standard InChI is InChI=1S/C12H16N4O/c1-8-3-5-15-11-9(8)7-16(12(13)14-2)6-4-10(11)17/h3-6,8-9,12H,2,7,13H2,1H3. The molecule has 0 bridgehead atoms. The first-order valence-corrected chi connectivity index (χ1v) is 5.57. The lowest BCUT2D eigenvalue weighted by molar-refractivity contribution is -0.109. The molecule has 0 aromatic rings. The van der Waals surface area contributed by atoms with Gasteiger partial charge in [0.25, 0.3) is 0 Å². The van der Waals surface area contributed by atoms with Crippen molar-refractivity contribution in [3.8, 4) is 0 Å². The summed E-state index contributed by atoms with van der Waals surface area (Å²) in [6.45, 7) is 6.13. The smallest absolute Gasteiger partial charge is 0.201 e. The Balaban J connectivity index is 2.30. The van der Waals surface area contributed by atoms with Gasteiger partial charge in [0.15, 0.2) is 6.29 Å². The number of fused-ring (bicyclic) bond motifs is 1. The van der Waals surface area contributed by atoms with Crippen molar-refractivity contribution in [2.24, 2.45) is 27.6 Å². The zero-order chi connectivity index (χ0) is 12.4. The Morgan fingerprint density at radius 2 is 2.47 bits per heavy atom. The maximum absolute atomic E-state index is 11.9. The van der Waals surface area contributed by atoms with Crippen LogP contribution < -0.4 is 5.73 Å². The minimum atomic E-state index is -0.517. The molecule has 0 aliphatic carbocycles. The summed E-state index contributed by atoms with van der Waals surface area (Å²) >= 11 is 0. The maximum atomic E-state index is 11.9. The molecule has 17 heavy (non-hydrogen) atoms. The van der Waals surface area contributed by atoms with Crippen LogP contribution in [-0.2, 0) is 4.79 Å². The Labute approximate surface area is 100 Å². The zero-order valence-corrected chi connectivity index (χ0v) is 9.78. The highest BCUT2D eigenvalue weighted by Gasteiger charge is 2.31. The monoisotopic (exact) mass is 232 g/mol. The van der Waals surface area contributed by atoms with Crippen molar-refractivity contribution in [3.63, 3.8) is 0 Å². The minimum Gasteiger partial charge on any atom is -0.343 e. The summed E-state index contributed by atoms with van der Waals surface area (Å²) in [4.78, 5) is 21.7. The summed E-state index contributed by atoms with van der Waals surface area (Å²) in [7, 11) is 0. The lowest BCUT2D eigenvalue weighted by Crippen LogP contribution is -2.42. The van der Waals surface area contributed by atoms with Crippen LogP contribution in [0.3, 0.4) is 0 Å². The average Bonchev–Trinajstić information content (AvgIpc) is 2.50. The lowest BCUT2D eigenvalue weighted by Gasteiger charge is -2.30. The molecule has 0 amide bonds. The average molecular weight is 232 g/mol. The SMILES string of the molecule is C=NC(N)N1C=CC(=O)C2=NC=CC(C)C2C1. The van der Waals surface area contributed by atoms with Crippen molar-refractivity contribution in [1.82, 2.24) is 4.90 Å². The predicted octanol–water partition coefficient (Wildman–Crippen LogP) is 0.548. The van der Waals surface area contributed by atoms with Crippen LogP contribution in [0.5, 0.6) is 0 Å². The van der Waals surface area contributed by atoms with Gasteiger partial charge in [0.1, 0.15) is 0 Å². The summed E-state index contributed by atoms with van der Waals surface area (Å²) in [5.74, 6) is 0.283. The molecule has 0 saturated heterocycles. The molecule has 2 aliphatic rings. The molecule has 3 atom stereocenters. The van der Waals surface area contributed by atoms with Gasteiger partial charge in [-0.05, 0) is 12.6 Å². The summed E-state index contributed by atoms with van der Waals surface area (Å²) < 4.78 is 0. The van der Waals surface area contributed by atoms with Crippen LogP contribution in [0.4, 0.5) is 0 Å². The maximum Gasteiger partial charge on any atom is 0.201 e. The quantitative estimate of drug-likeness (QED) is 0.707. The van der Waals surface area contributed by atoms with E-state index in [9.17, 15) is 4.79 Å². The third-order valence-corrected chi connectivity index (χ3v) is 3.19. The van der Waals surface area contributed by atoms with Gasteiger partial charge in [-0.3, -0.25) is 20.5 Å². The Bertz CT molecular complexity index is 424. The van der Waals surface area contributed by atoms with E-state index >= 15 is 0 Å². The van der Waals surface area contributed by atoms with Crippen molar-refractivity contribution in [2.75, 3.05) is 6.54 Å². The van der Waals surface area contributed by atoms with Crippen LogP contribution in [0.1, 0.15) is 6.92 Å². The van der Waals surface area contributed by atoms with E-state index in [0.29, 0.717) is 12.3 Å². The minimum absolute atomic E-state index is 0.0510. The van der Waals surface area contributed by atoms with Crippen molar-refractivity contribution in [1.29, 1.82) is 0 Å². The van der Waals surface area contributed by atoms with Crippen LogP contribution in [0.15, 0.2) is 34.5 Å². The van der Waals surface area contributed by atoms with Crippen LogP contribution in [0, 0.1) is 11.8 Å². The number of ketones is 1. The van der Waals surface area contributed by atoms with Crippen LogP contribution >= 0.6 is 0 Å². The van der Waals surface area contributed by atoms with Gasteiger partial charge in [-0.1, -0.05) is 13.0 Å². The Kier molecular flexibility index (Phi) is 3.19. The summed E-state index contributed by atoms with van der Waals surface area (Å²) in [6.07, 6.45) is 6.35. The third kappa shape index (κ3) is 2.19. The molecule has 2 aliphatic heterocycles. The van der Waals surface area contributed by atoms with Gasteiger partial charge in [-0.2, -0.15) is 0 Å². The van der Waals surface area contributed by atoms with E-state index in [1.807, 2.05) is 11.0 Å². The van der Waals surface area contributed by atoms with Gasteiger partial charge in [-0.25, -0.2) is 0 Å². The van der Waals surface area contributed by atoms with Crippen molar-refractivity contribution >= 4 is 18.2 Å². The van der Waals surface area contributed by atoms with E-state index in [1.165, 1.54) is 6.08 Å². The first-order chi connectivity index (χ1) is 8.13. The predicted molar refractivity (Wildman–Crippen MR) is 67.6 cm³/mol. The molecule has 2 N–H and O–H groups in total. The number of rotatable bonds is 2. The van der Waals surface area contributed by atoms with Crippen LogP contribution in [-0.4, -0.2) is 35.9 Å². The number of carbonyl (C=O) groups excluding carboxylic acids is 1. The van der Waals surface area contributed by atoms with Gasteiger partial charge in [-0.15, -0.1) is 0 Å². The number of nitrogens with two attached hydrogens (primary N) is 1. The Hall–Kier alpha value is -1.75. The highest BCUT2D eigenvalue weighted by molar-refractivity contribution is 6.45. The highest BCUT2D eigenvalue weighted by atomic mass is 16.1. The summed E-state index contributed by atoms with van der Waals surface area (Å²) in [5.41, 5.74) is 6.41. The molecule has 3 unspecified atom stereocenters. The number of hydrogen-bond acceptors (Lipinski definition) is 5. The Morgan fingerprint density at radius 3 is 3.18 bits per heavy atom. The molecule has 90 valence electrons.